The predicted molar refractivity (Wildman–Crippen MR) is 129 cm³/mol. The highest BCUT2D eigenvalue weighted by atomic mass is 32.2. The largest absolute Gasteiger partial charge is 0.424 e. The summed E-state index contributed by atoms with van der Waals surface area (Å²) in [5.41, 5.74) is 2.81. The van der Waals surface area contributed by atoms with Crippen LogP contribution in [0.25, 0.3) is 11.0 Å². The van der Waals surface area contributed by atoms with Gasteiger partial charge in [-0.2, -0.15) is 4.31 Å². The lowest BCUT2D eigenvalue weighted by atomic mass is 10.0. The lowest BCUT2D eigenvalue weighted by Gasteiger charge is -2.26. The normalized spacial score (nSPS) is 13.3. The summed E-state index contributed by atoms with van der Waals surface area (Å²) in [5.74, 6) is 1.94. The molecule has 1 unspecified atom stereocenters. The van der Waals surface area contributed by atoms with E-state index in [9.17, 15) is 8.42 Å². The number of benzene rings is 1. The molecule has 180 valence electrons. The second-order valence-electron chi connectivity index (χ2n) is 8.81. The van der Waals surface area contributed by atoms with Crippen LogP contribution in [0, 0.1) is 12.8 Å². The van der Waals surface area contributed by atoms with E-state index in [1.165, 1.54) is 4.31 Å². The lowest BCUT2D eigenvalue weighted by molar-refractivity contribution is 0.267. The van der Waals surface area contributed by atoms with E-state index in [0.29, 0.717) is 31.2 Å². The summed E-state index contributed by atoms with van der Waals surface area (Å²) in [5, 5.41) is 8.15. The first-order valence-corrected chi connectivity index (χ1v) is 12.8. The van der Waals surface area contributed by atoms with E-state index in [1.807, 2.05) is 45.9 Å². The van der Waals surface area contributed by atoms with Gasteiger partial charge in [0.15, 0.2) is 0 Å². The minimum absolute atomic E-state index is 0.221. The van der Waals surface area contributed by atoms with Crippen molar-refractivity contribution in [2.45, 2.75) is 58.0 Å². The van der Waals surface area contributed by atoms with Crippen LogP contribution in [0.1, 0.15) is 56.4 Å². The third kappa shape index (κ3) is 4.74. The van der Waals surface area contributed by atoms with Crippen molar-refractivity contribution in [3.05, 3.63) is 65.9 Å². The number of aromatic nitrogens is 5. The summed E-state index contributed by atoms with van der Waals surface area (Å²) in [4.78, 5) is 8.90. The molecule has 1 atom stereocenters. The predicted octanol–water partition coefficient (Wildman–Crippen LogP) is 4.14. The number of hydrogen-bond acceptors (Lipinski definition) is 7. The topological polar surface area (TPSA) is 107 Å². The molecule has 0 saturated carbocycles. The van der Waals surface area contributed by atoms with Gasteiger partial charge < -0.3 is 8.98 Å². The summed E-state index contributed by atoms with van der Waals surface area (Å²) < 4.78 is 36.1. The molecule has 0 aliphatic heterocycles. The van der Waals surface area contributed by atoms with E-state index in [4.69, 9.17) is 4.42 Å². The Hall–Kier alpha value is -3.11. The number of nitrogens with zero attached hydrogens (tertiary/aromatic N) is 6. The molecule has 9 nitrogen and oxygen atoms in total. The fourth-order valence-corrected chi connectivity index (χ4v) is 5.30. The Morgan fingerprint density at radius 1 is 1.12 bits per heavy atom. The van der Waals surface area contributed by atoms with Crippen LogP contribution in [0.5, 0.6) is 0 Å². The SMILES string of the molecule is CCc1nnc(C(CC(C)C)N(C)S(=O)(=O)c2ccc(Cn3c(C)nc4cnccc43)cc2)o1. The zero-order valence-electron chi connectivity index (χ0n) is 20.1. The molecule has 0 aliphatic carbocycles. The minimum atomic E-state index is -3.77. The second kappa shape index (κ2) is 9.63. The zero-order valence-corrected chi connectivity index (χ0v) is 21.0. The Balaban J connectivity index is 1.59. The maximum Gasteiger partial charge on any atom is 0.243 e. The molecule has 0 saturated heterocycles. The average molecular weight is 483 g/mol. The van der Waals surface area contributed by atoms with Gasteiger partial charge in [-0.3, -0.25) is 4.98 Å². The average Bonchev–Trinajstić information content (AvgIpc) is 3.42. The number of sulfonamides is 1. The van der Waals surface area contributed by atoms with Crippen LogP contribution in [0.2, 0.25) is 0 Å². The van der Waals surface area contributed by atoms with Crippen molar-refractivity contribution >= 4 is 21.1 Å². The van der Waals surface area contributed by atoms with Crippen LogP contribution in [-0.4, -0.2) is 44.5 Å². The van der Waals surface area contributed by atoms with Gasteiger partial charge in [0.1, 0.15) is 17.4 Å². The molecule has 0 amide bonds. The fraction of sp³-hybridized carbons (Fsp3) is 0.417. The molecule has 0 fully saturated rings. The van der Waals surface area contributed by atoms with Gasteiger partial charge in [0.2, 0.25) is 21.8 Å². The summed E-state index contributed by atoms with van der Waals surface area (Å²) >= 11 is 0. The Morgan fingerprint density at radius 3 is 2.50 bits per heavy atom. The standard InChI is InChI=1S/C24H30N6O3S/c1-6-23-27-28-24(33-23)22(13-16(2)3)29(5)34(31,32)19-9-7-18(8-10-19)15-30-17(4)26-20-14-25-12-11-21(20)30/h7-12,14,16,22H,6,13,15H2,1-5H3. The summed E-state index contributed by atoms with van der Waals surface area (Å²) in [6.07, 6.45) is 4.65. The van der Waals surface area contributed by atoms with Gasteiger partial charge in [0.05, 0.1) is 16.6 Å². The van der Waals surface area contributed by atoms with Crippen molar-refractivity contribution in [1.29, 1.82) is 0 Å². The highest BCUT2D eigenvalue weighted by Gasteiger charge is 2.33. The van der Waals surface area contributed by atoms with E-state index in [2.05, 4.69) is 24.7 Å². The van der Waals surface area contributed by atoms with Crippen molar-refractivity contribution in [3.8, 4) is 0 Å². The van der Waals surface area contributed by atoms with Crippen molar-refractivity contribution in [2.24, 2.45) is 5.92 Å². The molecule has 10 heteroatoms. The molecule has 0 N–H and O–H groups in total. The first kappa shape index (κ1) is 24.0. The highest BCUT2D eigenvalue weighted by Crippen LogP contribution is 2.31. The summed E-state index contributed by atoms with van der Waals surface area (Å²) in [6.45, 7) is 8.53. The molecular formula is C24H30N6O3S. The molecule has 3 aromatic heterocycles. The number of rotatable bonds is 9. The smallest absolute Gasteiger partial charge is 0.243 e. The van der Waals surface area contributed by atoms with Gasteiger partial charge in [-0.25, -0.2) is 13.4 Å². The molecule has 3 heterocycles. The molecule has 0 aliphatic rings. The third-order valence-corrected chi connectivity index (χ3v) is 7.77. The molecule has 4 aromatic rings. The Bertz CT molecular complexity index is 1380. The van der Waals surface area contributed by atoms with Crippen LogP contribution in [0.15, 0.2) is 52.0 Å². The summed E-state index contributed by atoms with van der Waals surface area (Å²) in [6, 6.07) is 8.37. The first-order chi connectivity index (χ1) is 16.2. The minimum Gasteiger partial charge on any atom is -0.424 e. The maximum atomic E-state index is 13.5. The highest BCUT2D eigenvalue weighted by molar-refractivity contribution is 7.89. The number of aryl methyl sites for hydroxylation is 2. The van der Waals surface area contributed by atoms with Crippen LogP contribution in [0.4, 0.5) is 0 Å². The fourth-order valence-electron chi connectivity index (χ4n) is 3.98. The van der Waals surface area contributed by atoms with Crippen LogP contribution >= 0.6 is 0 Å². The molecule has 1 aromatic carbocycles. The second-order valence-corrected chi connectivity index (χ2v) is 10.8. The van der Waals surface area contributed by atoms with Crippen LogP contribution < -0.4 is 0 Å². The number of hydrogen-bond donors (Lipinski definition) is 0. The Labute approximate surface area is 199 Å². The monoisotopic (exact) mass is 482 g/mol. The van der Waals surface area contributed by atoms with Crippen LogP contribution in [-0.2, 0) is 23.0 Å². The third-order valence-electron chi connectivity index (χ3n) is 5.89. The van der Waals surface area contributed by atoms with Crippen LogP contribution in [0.3, 0.4) is 0 Å². The number of imidazole rings is 1. The van der Waals surface area contributed by atoms with Gasteiger partial charge >= 0.3 is 0 Å². The van der Waals surface area contributed by atoms with Gasteiger partial charge in [-0.1, -0.05) is 32.9 Å². The molecule has 4 rings (SSSR count). The maximum absolute atomic E-state index is 13.5. The lowest BCUT2D eigenvalue weighted by Crippen LogP contribution is -2.32. The zero-order chi connectivity index (χ0) is 24.5. The van der Waals surface area contributed by atoms with Gasteiger partial charge in [-0.15, -0.1) is 10.2 Å². The van der Waals surface area contributed by atoms with Gasteiger partial charge in [-0.05, 0) is 43.0 Å². The van der Waals surface area contributed by atoms with E-state index in [0.717, 1.165) is 22.4 Å². The number of pyridine rings is 1. The Morgan fingerprint density at radius 2 is 1.85 bits per heavy atom. The summed E-state index contributed by atoms with van der Waals surface area (Å²) in [7, 11) is -2.20. The van der Waals surface area contributed by atoms with E-state index in [-0.39, 0.29) is 10.8 Å². The van der Waals surface area contributed by atoms with E-state index in [1.54, 1.807) is 31.6 Å². The van der Waals surface area contributed by atoms with Crippen molar-refractivity contribution in [1.82, 2.24) is 29.0 Å². The molecule has 0 spiro atoms. The van der Waals surface area contributed by atoms with Crippen molar-refractivity contribution in [3.63, 3.8) is 0 Å². The first-order valence-electron chi connectivity index (χ1n) is 11.4. The van der Waals surface area contributed by atoms with Crippen molar-refractivity contribution in [2.75, 3.05) is 7.05 Å². The van der Waals surface area contributed by atoms with Crippen molar-refractivity contribution < 1.29 is 12.8 Å². The van der Waals surface area contributed by atoms with E-state index >= 15 is 0 Å². The van der Waals surface area contributed by atoms with Gasteiger partial charge in [0, 0.05) is 26.2 Å². The molecule has 0 radical (unpaired) electrons. The quantitative estimate of drug-likeness (QED) is 0.353. The number of fused-ring (bicyclic) bond motifs is 1. The molecular weight excluding hydrogens is 452 g/mol. The molecule has 34 heavy (non-hydrogen) atoms. The van der Waals surface area contributed by atoms with E-state index < -0.39 is 16.1 Å². The molecule has 0 bridgehead atoms. The Kier molecular flexibility index (Phi) is 6.81. The van der Waals surface area contributed by atoms with Gasteiger partial charge in [0.25, 0.3) is 0 Å².